The van der Waals surface area contributed by atoms with Gasteiger partial charge in [-0.1, -0.05) is 37.1 Å². The fourth-order valence-electron chi connectivity index (χ4n) is 7.75. The van der Waals surface area contributed by atoms with E-state index >= 15 is 0 Å². The predicted molar refractivity (Wildman–Crippen MR) is 115 cm³/mol. The summed E-state index contributed by atoms with van der Waals surface area (Å²) in [6.07, 6.45) is 13.6. The summed E-state index contributed by atoms with van der Waals surface area (Å²) in [4.78, 5) is 2.57. The van der Waals surface area contributed by atoms with Crippen LogP contribution in [-0.2, 0) is 11.8 Å². The molecule has 29 heavy (non-hydrogen) atoms. The Morgan fingerprint density at radius 1 is 0.862 bits per heavy atom. The second kappa shape index (κ2) is 7.94. The standard InChI is InChI=1S/C26H37F2N/c27-18-25(19-28)16-23(17-25)29-14-11-22(12-15-29)26(21-8-2-3-9-21)13-5-7-20-6-1-4-10-24(20)26/h1,4,6,10,21-23H,2-3,5,7-9,11-19H2. The molecule has 1 nitrogen and oxygen atoms in total. The maximum Gasteiger partial charge on any atom is 0.0976 e. The first-order valence-electron chi connectivity index (χ1n) is 12.2. The van der Waals surface area contributed by atoms with Crippen LogP contribution in [0.3, 0.4) is 0 Å². The van der Waals surface area contributed by atoms with Gasteiger partial charge in [0.25, 0.3) is 0 Å². The van der Waals surface area contributed by atoms with E-state index in [1.54, 1.807) is 11.1 Å². The van der Waals surface area contributed by atoms with Gasteiger partial charge < -0.3 is 4.90 Å². The van der Waals surface area contributed by atoms with Gasteiger partial charge in [0.15, 0.2) is 0 Å². The third kappa shape index (κ3) is 3.27. The zero-order valence-corrected chi connectivity index (χ0v) is 17.9. The number of nitrogens with zero attached hydrogens (tertiary/aromatic N) is 1. The smallest absolute Gasteiger partial charge is 0.0976 e. The molecule has 0 radical (unpaired) electrons. The summed E-state index contributed by atoms with van der Waals surface area (Å²) in [5.41, 5.74) is 3.05. The molecular weight excluding hydrogens is 364 g/mol. The fourth-order valence-corrected chi connectivity index (χ4v) is 7.75. The SMILES string of the molecule is FCC1(CF)CC(N2CCC(C3(C4CCCC4)CCCc4ccccc43)CC2)C1. The Kier molecular flexibility index (Phi) is 5.47. The Bertz CT molecular complexity index is 692. The minimum absolute atomic E-state index is 0.388. The first-order valence-corrected chi connectivity index (χ1v) is 12.2. The third-order valence-electron chi connectivity index (χ3n) is 9.32. The monoisotopic (exact) mass is 401 g/mol. The number of likely N-dealkylation sites (tertiary alicyclic amines) is 1. The predicted octanol–water partition coefficient (Wildman–Crippen LogP) is 6.25. The third-order valence-corrected chi connectivity index (χ3v) is 9.32. The number of fused-ring (bicyclic) bond motifs is 1. The van der Waals surface area contributed by atoms with Gasteiger partial charge in [0.2, 0.25) is 0 Å². The lowest BCUT2D eigenvalue weighted by Gasteiger charge is -2.55. The van der Waals surface area contributed by atoms with Gasteiger partial charge >= 0.3 is 0 Å². The molecule has 4 aliphatic rings. The van der Waals surface area contributed by atoms with E-state index in [-0.39, 0.29) is 0 Å². The number of hydrogen-bond donors (Lipinski definition) is 0. The van der Waals surface area contributed by atoms with E-state index in [9.17, 15) is 8.78 Å². The van der Waals surface area contributed by atoms with E-state index in [0.717, 1.165) is 37.8 Å². The molecule has 1 atom stereocenters. The van der Waals surface area contributed by atoms with Crippen LogP contribution in [0.2, 0.25) is 0 Å². The van der Waals surface area contributed by atoms with Crippen LogP contribution in [0.5, 0.6) is 0 Å². The van der Waals surface area contributed by atoms with Crippen molar-refractivity contribution < 1.29 is 8.78 Å². The molecule has 5 rings (SSSR count). The number of benzene rings is 1. The molecule has 1 aromatic carbocycles. The highest BCUT2D eigenvalue weighted by Crippen LogP contribution is 2.56. The van der Waals surface area contributed by atoms with Crippen LogP contribution in [0.15, 0.2) is 24.3 Å². The highest BCUT2D eigenvalue weighted by atomic mass is 19.1. The first-order chi connectivity index (χ1) is 14.2. The number of halogens is 2. The Labute approximate surface area is 175 Å². The molecule has 0 aromatic heterocycles. The molecule has 3 fully saturated rings. The van der Waals surface area contributed by atoms with Gasteiger partial charge in [-0.05, 0) is 93.8 Å². The first kappa shape index (κ1) is 20.0. The summed E-state index contributed by atoms with van der Waals surface area (Å²) in [5, 5.41) is 0. The van der Waals surface area contributed by atoms with Gasteiger partial charge in [-0.3, -0.25) is 8.78 Å². The molecule has 160 valence electrons. The molecule has 0 bridgehead atoms. The molecule has 1 heterocycles. The van der Waals surface area contributed by atoms with E-state index < -0.39 is 18.8 Å². The number of aryl methyl sites for hydroxylation is 1. The number of rotatable bonds is 5. The van der Waals surface area contributed by atoms with E-state index in [2.05, 4.69) is 29.2 Å². The van der Waals surface area contributed by atoms with Crippen LogP contribution in [0.25, 0.3) is 0 Å². The van der Waals surface area contributed by atoms with Crippen LogP contribution in [0, 0.1) is 17.3 Å². The molecule has 3 aliphatic carbocycles. The molecule has 1 saturated heterocycles. The number of alkyl halides is 2. The van der Waals surface area contributed by atoms with Gasteiger partial charge in [-0.15, -0.1) is 0 Å². The van der Waals surface area contributed by atoms with Crippen LogP contribution < -0.4 is 0 Å². The maximum atomic E-state index is 13.2. The van der Waals surface area contributed by atoms with Crippen molar-refractivity contribution in [2.75, 3.05) is 26.4 Å². The molecular formula is C26H37F2N. The summed E-state index contributed by atoms with van der Waals surface area (Å²) in [7, 11) is 0. The van der Waals surface area contributed by atoms with Crippen LogP contribution in [-0.4, -0.2) is 37.4 Å². The zero-order valence-electron chi connectivity index (χ0n) is 17.9. The van der Waals surface area contributed by atoms with Crippen LogP contribution in [0.1, 0.15) is 75.3 Å². The lowest BCUT2D eigenvalue weighted by molar-refractivity contribution is -0.0504. The second-order valence-corrected chi connectivity index (χ2v) is 10.7. The van der Waals surface area contributed by atoms with E-state index in [4.69, 9.17) is 0 Å². The van der Waals surface area contributed by atoms with Crippen molar-refractivity contribution in [2.24, 2.45) is 17.3 Å². The Hall–Kier alpha value is -0.960. The van der Waals surface area contributed by atoms with Crippen molar-refractivity contribution in [3.8, 4) is 0 Å². The summed E-state index contributed by atoms with van der Waals surface area (Å²) in [6.45, 7) is 1.28. The van der Waals surface area contributed by atoms with Crippen molar-refractivity contribution in [3.05, 3.63) is 35.4 Å². The molecule has 0 N–H and O–H groups in total. The molecule has 0 amide bonds. The summed E-state index contributed by atoms with van der Waals surface area (Å²) in [5.74, 6) is 1.63. The van der Waals surface area contributed by atoms with E-state index in [0.29, 0.717) is 11.5 Å². The lowest BCUT2D eigenvalue weighted by atomic mass is 9.54. The van der Waals surface area contributed by atoms with Gasteiger partial charge in [0.05, 0.1) is 13.3 Å². The largest absolute Gasteiger partial charge is 0.300 e. The van der Waals surface area contributed by atoms with Crippen LogP contribution >= 0.6 is 0 Å². The summed E-state index contributed by atoms with van der Waals surface area (Å²) < 4.78 is 26.5. The summed E-state index contributed by atoms with van der Waals surface area (Å²) in [6, 6.07) is 9.76. The lowest BCUT2D eigenvalue weighted by Crippen LogP contribution is -2.56. The van der Waals surface area contributed by atoms with Crippen molar-refractivity contribution in [2.45, 2.75) is 82.1 Å². The quantitative estimate of drug-likeness (QED) is 0.563. The van der Waals surface area contributed by atoms with E-state index in [1.807, 2.05) is 0 Å². The normalized spacial score (nSPS) is 31.5. The van der Waals surface area contributed by atoms with Gasteiger partial charge in [-0.25, -0.2) is 0 Å². The Morgan fingerprint density at radius 2 is 1.52 bits per heavy atom. The molecule has 1 aromatic rings. The minimum Gasteiger partial charge on any atom is -0.300 e. The van der Waals surface area contributed by atoms with Crippen molar-refractivity contribution in [1.29, 1.82) is 0 Å². The highest BCUT2D eigenvalue weighted by molar-refractivity contribution is 5.39. The molecule has 0 spiro atoms. The van der Waals surface area contributed by atoms with E-state index in [1.165, 1.54) is 57.8 Å². The zero-order chi connectivity index (χ0) is 19.9. The van der Waals surface area contributed by atoms with Crippen LogP contribution in [0.4, 0.5) is 8.78 Å². The highest BCUT2D eigenvalue weighted by Gasteiger charge is 2.52. The van der Waals surface area contributed by atoms with Crippen molar-refractivity contribution in [3.63, 3.8) is 0 Å². The number of hydrogen-bond acceptors (Lipinski definition) is 1. The number of piperidine rings is 1. The molecule has 2 saturated carbocycles. The maximum absolute atomic E-state index is 13.2. The van der Waals surface area contributed by atoms with Gasteiger partial charge in [0.1, 0.15) is 0 Å². The fraction of sp³-hybridized carbons (Fsp3) is 0.769. The van der Waals surface area contributed by atoms with Crippen molar-refractivity contribution in [1.82, 2.24) is 4.90 Å². The average Bonchev–Trinajstić information content (AvgIpc) is 3.29. The van der Waals surface area contributed by atoms with Gasteiger partial charge in [-0.2, -0.15) is 0 Å². The molecule has 3 heteroatoms. The second-order valence-electron chi connectivity index (χ2n) is 10.7. The average molecular weight is 402 g/mol. The Morgan fingerprint density at radius 3 is 2.21 bits per heavy atom. The minimum atomic E-state index is -0.644. The van der Waals surface area contributed by atoms with Gasteiger partial charge in [0, 0.05) is 16.9 Å². The topological polar surface area (TPSA) is 3.24 Å². The molecule has 1 aliphatic heterocycles. The van der Waals surface area contributed by atoms with Crippen molar-refractivity contribution >= 4 is 0 Å². The Balaban J connectivity index is 1.34. The summed E-state index contributed by atoms with van der Waals surface area (Å²) >= 11 is 0. The molecule has 1 unspecified atom stereocenters.